The Balaban J connectivity index is 1.50. The number of aryl methyl sites for hydroxylation is 2. The molecule has 0 bridgehead atoms. The van der Waals surface area contributed by atoms with Crippen molar-refractivity contribution in [3.8, 4) is 23.3 Å². The van der Waals surface area contributed by atoms with Gasteiger partial charge >= 0.3 is 0 Å². The van der Waals surface area contributed by atoms with Crippen molar-refractivity contribution in [3.05, 3.63) is 41.2 Å². The molecule has 1 aliphatic rings. The third-order valence-electron chi connectivity index (χ3n) is 3.89. The molecule has 0 fully saturated rings. The first-order valence-corrected chi connectivity index (χ1v) is 8.22. The SMILES string of the molecule is Cc1cc(C)n(C[C@H](C)CNC(=O)C#Cc2ccc3c(c2)OCO3)n1. The molecular formula is C19H21N3O3. The first kappa shape index (κ1) is 16.9. The summed E-state index contributed by atoms with van der Waals surface area (Å²) in [7, 11) is 0. The molecule has 130 valence electrons. The lowest BCUT2D eigenvalue weighted by Crippen LogP contribution is -2.29. The van der Waals surface area contributed by atoms with E-state index >= 15 is 0 Å². The molecule has 3 rings (SSSR count). The van der Waals surface area contributed by atoms with Crippen LogP contribution in [0, 0.1) is 31.6 Å². The number of rotatable bonds is 4. The van der Waals surface area contributed by atoms with Gasteiger partial charge in [-0.05, 0) is 44.0 Å². The summed E-state index contributed by atoms with van der Waals surface area (Å²) in [5, 5.41) is 7.28. The quantitative estimate of drug-likeness (QED) is 0.866. The third kappa shape index (κ3) is 4.32. The highest BCUT2D eigenvalue weighted by Crippen LogP contribution is 2.32. The number of carbonyl (C=O) groups is 1. The van der Waals surface area contributed by atoms with Crippen LogP contribution >= 0.6 is 0 Å². The van der Waals surface area contributed by atoms with Gasteiger partial charge in [0.1, 0.15) is 0 Å². The van der Waals surface area contributed by atoms with Crippen molar-refractivity contribution < 1.29 is 14.3 Å². The summed E-state index contributed by atoms with van der Waals surface area (Å²) >= 11 is 0. The Morgan fingerprint density at radius 1 is 1.32 bits per heavy atom. The summed E-state index contributed by atoms with van der Waals surface area (Å²) < 4.78 is 12.5. The predicted octanol–water partition coefficient (Wildman–Crippen LogP) is 2.03. The van der Waals surface area contributed by atoms with Crippen molar-refractivity contribution in [2.75, 3.05) is 13.3 Å². The van der Waals surface area contributed by atoms with Crippen LogP contribution in [-0.2, 0) is 11.3 Å². The lowest BCUT2D eigenvalue weighted by atomic mass is 10.2. The summed E-state index contributed by atoms with van der Waals surface area (Å²) in [5.74, 6) is 6.78. The molecule has 0 aliphatic carbocycles. The highest BCUT2D eigenvalue weighted by Gasteiger charge is 2.12. The average Bonchev–Trinajstić information content (AvgIpc) is 3.16. The van der Waals surface area contributed by atoms with E-state index in [0.717, 1.165) is 23.5 Å². The first-order chi connectivity index (χ1) is 12.0. The van der Waals surface area contributed by atoms with E-state index in [1.807, 2.05) is 24.6 Å². The molecule has 6 nitrogen and oxygen atoms in total. The molecule has 0 unspecified atom stereocenters. The molecule has 1 aromatic carbocycles. The zero-order valence-corrected chi connectivity index (χ0v) is 14.6. The van der Waals surface area contributed by atoms with Crippen molar-refractivity contribution in [2.45, 2.75) is 27.3 Å². The summed E-state index contributed by atoms with van der Waals surface area (Å²) in [6, 6.07) is 7.41. The summed E-state index contributed by atoms with van der Waals surface area (Å²) in [6.07, 6.45) is 0. The number of nitrogens with one attached hydrogen (secondary N) is 1. The van der Waals surface area contributed by atoms with E-state index in [0.29, 0.717) is 18.0 Å². The van der Waals surface area contributed by atoms with Crippen LogP contribution in [0.3, 0.4) is 0 Å². The minimum Gasteiger partial charge on any atom is -0.454 e. The van der Waals surface area contributed by atoms with Gasteiger partial charge in [0.2, 0.25) is 6.79 Å². The second-order valence-electron chi connectivity index (χ2n) is 6.24. The zero-order valence-electron chi connectivity index (χ0n) is 14.6. The summed E-state index contributed by atoms with van der Waals surface area (Å²) in [6.45, 7) is 7.61. The molecular weight excluding hydrogens is 318 g/mol. The van der Waals surface area contributed by atoms with Crippen molar-refractivity contribution in [1.29, 1.82) is 0 Å². The number of fused-ring (bicyclic) bond motifs is 1. The van der Waals surface area contributed by atoms with E-state index in [9.17, 15) is 4.79 Å². The van der Waals surface area contributed by atoms with Crippen LogP contribution in [-0.4, -0.2) is 29.0 Å². The fraction of sp³-hybridized carbons (Fsp3) is 0.368. The highest BCUT2D eigenvalue weighted by atomic mass is 16.7. The Hall–Kier alpha value is -2.94. The van der Waals surface area contributed by atoms with Crippen molar-refractivity contribution in [3.63, 3.8) is 0 Å². The maximum atomic E-state index is 11.9. The Kier molecular flexibility index (Phi) is 4.94. The second kappa shape index (κ2) is 7.31. The minimum absolute atomic E-state index is 0.222. The van der Waals surface area contributed by atoms with Gasteiger partial charge < -0.3 is 14.8 Å². The van der Waals surface area contributed by atoms with Gasteiger partial charge in [-0.1, -0.05) is 12.8 Å². The van der Waals surface area contributed by atoms with Gasteiger partial charge in [-0.3, -0.25) is 9.48 Å². The van der Waals surface area contributed by atoms with E-state index in [-0.39, 0.29) is 18.6 Å². The Morgan fingerprint density at radius 3 is 2.88 bits per heavy atom. The predicted molar refractivity (Wildman–Crippen MR) is 93.3 cm³/mol. The Morgan fingerprint density at radius 2 is 2.12 bits per heavy atom. The van der Waals surface area contributed by atoms with Gasteiger partial charge in [0, 0.05) is 30.3 Å². The molecule has 1 atom stereocenters. The van der Waals surface area contributed by atoms with E-state index < -0.39 is 0 Å². The molecule has 2 heterocycles. The fourth-order valence-electron chi connectivity index (χ4n) is 2.63. The molecule has 1 N–H and O–H groups in total. The monoisotopic (exact) mass is 339 g/mol. The van der Waals surface area contributed by atoms with E-state index in [1.54, 1.807) is 18.2 Å². The van der Waals surface area contributed by atoms with Gasteiger partial charge in [0.25, 0.3) is 5.91 Å². The molecule has 25 heavy (non-hydrogen) atoms. The lowest BCUT2D eigenvalue weighted by Gasteiger charge is -2.12. The maximum Gasteiger partial charge on any atom is 0.296 e. The van der Waals surface area contributed by atoms with Crippen LogP contribution in [0.1, 0.15) is 23.9 Å². The smallest absolute Gasteiger partial charge is 0.296 e. The number of hydrogen-bond acceptors (Lipinski definition) is 4. The third-order valence-corrected chi connectivity index (χ3v) is 3.89. The van der Waals surface area contributed by atoms with Gasteiger partial charge in [0.15, 0.2) is 11.5 Å². The van der Waals surface area contributed by atoms with Gasteiger partial charge in [0.05, 0.1) is 5.69 Å². The fourth-order valence-corrected chi connectivity index (χ4v) is 2.63. The average molecular weight is 339 g/mol. The molecule has 0 spiro atoms. The first-order valence-electron chi connectivity index (χ1n) is 8.22. The van der Waals surface area contributed by atoms with Crippen LogP contribution in [0.15, 0.2) is 24.3 Å². The second-order valence-corrected chi connectivity index (χ2v) is 6.24. The molecule has 6 heteroatoms. The van der Waals surface area contributed by atoms with Crippen molar-refractivity contribution in [1.82, 2.24) is 15.1 Å². The van der Waals surface area contributed by atoms with Crippen molar-refractivity contribution in [2.24, 2.45) is 5.92 Å². The number of ether oxygens (including phenoxy) is 2. The standard InChI is InChI=1S/C19H21N3O3/c1-13(11-22-15(3)8-14(2)21-22)10-20-19(23)7-5-16-4-6-17-18(9-16)25-12-24-17/h4,6,8-9,13H,10-12H2,1-3H3,(H,20,23)/t13-/m1/s1. The molecule has 0 saturated heterocycles. The number of amides is 1. The van der Waals surface area contributed by atoms with Gasteiger partial charge in [-0.15, -0.1) is 0 Å². The molecule has 1 amide bonds. The molecule has 0 saturated carbocycles. The largest absolute Gasteiger partial charge is 0.454 e. The lowest BCUT2D eigenvalue weighted by molar-refractivity contribution is -0.115. The Labute approximate surface area is 147 Å². The topological polar surface area (TPSA) is 65.4 Å². The van der Waals surface area contributed by atoms with Crippen LogP contribution in [0.4, 0.5) is 0 Å². The molecule has 1 aliphatic heterocycles. The normalized spacial score (nSPS) is 13.1. The van der Waals surface area contributed by atoms with E-state index in [1.165, 1.54) is 0 Å². The number of benzene rings is 1. The summed E-state index contributed by atoms with van der Waals surface area (Å²) in [4.78, 5) is 11.9. The molecule has 2 aromatic rings. The van der Waals surface area contributed by atoms with Crippen LogP contribution < -0.4 is 14.8 Å². The van der Waals surface area contributed by atoms with Gasteiger partial charge in [-0.2, -0.15) is 5.10 Å². The minimum atomic E-state index is -0.294. The number of hydrogen-bond donors (Lipinski definition) is 1. The highest BCUT2D eigenvalue weighted by molar-refractivity contribution is 5.94. The molecule has 0 radical (unpaired) electrons. The summed E-state index contributed by atoms with van der Waals surface area (Å²) in [5.41, 5.74) is 2.84. The molecule has 1 aromatic heterocycles. The number of aromatic nitrogens is 2. The van der Waals surface area contributed by atoms with Crippen LogP contribution in [0.2, 0.25) is 0 Å². The zero-order chi connectivity index (χ0) is 17.8. The number of carbonyl (C=O) groups excluding carboxylic acids is 1. The van der Waals surface area contributed by atoms with E-state index in [2.05, 4.69) is 29.2 Å². The van der Waals surface area contributed by atoms with Gasteiger partial charge in [-0.25, -0.2) is 0 Å². The maximum absolute atomic E-state index is 11.9. The van der Waals surface area contributed by atoms with Crippen LogP contribution in [0.5, 0.6) is 11.5 Å². The van der Waals surface area contributed by atoms with Crippen LogP contribution in [0.25, 0.3) is 0 Å². The Bertz CT molecular complexity index is 845. The van der Waals surface area contributed by atoms with E-state index in [4.69, 9.17) is 9.47 Å². The van der Waals surface area contributed by atoms with Crippen molar-refractivity contribution >= 4 is 5.91 Å². The number of nitrogens with zero attached hydrogens (tertiary/aromatic N) is 2.